The molecule has 0 unspecified atom stereocenters. The standard InChI is InChI=1S/C10H9NO5/c1-15-8-4-6(11(13)14)10(16-2)9-5(8)3-7(9)12/h4H,3H2,1-2H3. The Labute approximate surface area is 90.9 Å². The van der Waals surface area contributed by atoms with Gasteiger partial charge < -0.3 is 9.47 Å². The van der Waals surface area contributed by atoms with Crippen molar-refractivity contribution < 1.29 is 19.2 Å². The number of fused-ring (bicyclic) bond motifs is 1. The summed E-state index contributed by atoms with van der Waals surface area (Å²) in [6.45, 7) is 0. The first kappa shape index (κ1) is 10.4. The van der Waals surface area contributed by atoms with Crippen LogP contribution in [0.15, 0.2) is 6.07 Å². The molecule has 0 atom stereocenters. The van der Waals surface area contributed by atoms with E-state index in [0.29, 0.717) is 11.3 Å². The van der Waals surface area contributed by atoms with Gasteiger partial charge in [0.1, 0.15) is 5.75 Å². The molecule has 0 saturated carbocycles. The van der Waals surface area contributed by atoms with E-state index in [9.17, 15) is 14.9 Å². The third-order valence-electron chi connectivity index (χ3n) is 2.56. The highest BCUT2D eigenvalue weighted by molar-refractivity contribution is 6.11. The van der Waals surface area contributed by atoms with Gasteiger partial charge in [-0.1, -0.05) is 0 Å². The minimum Gasteiger partial charge on any atom is -0.496 e. The van der Waals surface area contributed by atoms with Crippen molar-refractivity contribution >= 4 is 11.5 Å². The number of benzene rings is 1. The number of hydrogen-bond acceptors (Lipinski definition) is 5. The van der Waals surface area contributed by atoms with Gasteiger partial charge >= 0.3 is 5.69 Å². The maximum absolute atomic E-state index is 11.4. The molecular formula is C10H9NO5. The average molecular weight is 223 g/mol. The molecule has 6 heteroatoms. The number of methoxy groups -OCH3 is 2. The van der Waals surface area contributed by atoms with Gasteiger partial charge in [-0.15, -0.1) is 0 Å². The smallest absolute Gasteiger partial charge is 0.315 e. The van der Waals surface area contributed by atoms with Crippen molar-refractivity contribution in [2.75, 3.05) is 14.2 Å². The highest BCUT2D eigenvalue weighted by atomic mass is 16.6. The van der Waals surface area contributed by atoms with E-state index in [2.05, 4.69) is 0 Å². The number of carbonyl (C=O) groups excluding carboxylic acids is 1. The lowest BCUT2D eigenvalue weighted by Crippen LogP contribution is -2.22. The molecule has 0 N–H and O–H groups in total. The third-order valence-corrected chi connectivity index (χ3v) is 2.56. The van der Waals surface area contributed by atoms with Crippen LogP contribution in [0.4, 0.5) is 5.69 Å². The number of carbonyl (C=O) groups is 1. The van der Waals surface area contributed by atoms with Crippen molar-refractivity contribution in [2.24, 2.45) is 0 Å². The van der Waals surface area contributed by atoms with Crippen LogP contribution < -0.4 is 9.47 Å². The first-order chi connectivity index (χ1) is 7.60. The number of Topliss-reactive ketones (excluding diaryl/α,β-unsaturated/α-hetero) is 1. The van der Waals surface area contributed by atoms with Gasteiger partial charge in [-0.2, -0.15) is 0 Å². The molecule has 0 spiro atoms. The Hall–Kier alpha value is -2.11. The molecule has 2 rings (SSSR count). The normalized spacial score (nSPS) is 12.8. The van der Waals surface area contributed by atoms with E-state index in [1.165, 1.54) is 20.3 Å². The van der Waals surface area contributed by atoms with Crippen molar-refractivity contribution in [3.05, 3.63) is 27.3 Å². The highest BCUT2D eigenvalue weighted by Gasteiger charge is 2.36. The Morgan fingerprint density at radius 1 is 1.38 bits per heavy atom. The number of nitro benzene ring substituents is 1. The van der Waals surface area contributed by atoms with Crippen molar-refractivity contribution in [3.63, 3.8) is 0 Å². The summed E-state index contributed by atoms with van der Waals surface area (Å²) in [6.07, 6.45) is 0.243. The van der Waals surface area contributed by atoms with Crippen LogP contribution in [-0.2, 0) is 6.42 Å². The minimum atomic E-state index is -0.590. The molecule has 1 aliphatic carbocycles. The average Bonchev–Trinajstić information content (AvgIpc) is 2.25. The molecule has 0 aromatic heterocycles. The Morgan fingerprint density at radius 3 is 2.50 bits per heavy atom. The molecule has 0 bridgehead atoms. The number of ether oxygens (including phenoxy) is 2. The summed E-state index contributed by atoms with van der Waals surface area (Å²) in [7, 11) is 2.72. The lowest BCUT2D eigenvalue weighted by atomic mass is 9.85. The molecule has 0 aliphatic heterocycles. The summed E-state index contributed by atoms with van der Waals surface area (Å²) < 4.78 is 9.92. The fourth-order valence-corrected chi connectivity index (χ4v) is 1.80. The summed E-state index contributed by atoms with van der Waals surface area (Å²) >= 11 is 0. The molecule has 1 aromatic rings. The van der Waals surface area contributed by atoms with Crippen LogP contribution in [0.2, 0.25) is 0 Å². The van der Waals surface area contributed by atoms with Crippen LogP contribution in [0.5, 0.6) is 11.5 Å². The monoisotopic (exact) mass is 223 g/mol. The van der Waals surface area contributed by atoms with Crippen LogP contribution >= 0.6 is 0 Å². The Kier molecular flexibility index (Phi) is 2.26. The van der Waals surface area contributed by atoms with Crippen LogP contribution in [0.3, 0.4) is 0 Å². The van der Waals surface area contributed by atoms with Crippen molar-refractivity contribution in [1.29, 1.82) is 0 Å². The zero-order valence-electron chi connectivity index (χ0n) is 8.77. The van der Waals surface area contributed by atoms with Gasteiger partial charge in [0.05, 0.1) is 30.8 Å². The maximum atomic E-state index is 11.4. The van der Waals surface area contributed by atoms with Gasteiger partial charge in [-0.05, 0) is 0 Å². The third kappa shape index (κ3) is 1.23. The molecule has 1 aromatic carbocycles. The Balaban J connectivity index is 2.72. The van der Waals surface area contributed by atoms with E-state index < -0.39 is 4.92 Å². The molecule has 1 aliphatic rings. The molecular weight excluding hydrogens is 214 g/mol. The van der Waals surface area contributed by atoms with Crippen LogP contribution in [-0.4, -0.2) is 24.9 Å². The number of nitro groups is 1. The summed E-state index contributed by atoms with van der Waals surface area (Å²) in [5, 5.41) is 10.8. The Bertz CT molecular complexity index is 494. The fourth-order valence-electron chi connectivity index (χ4n) is 1.80. The lowest BCUT2D eigenvalue weighted by molar-refractivity contribution is -0.385. The molecule has 0 fully saturated rings. The predicted octanol–water partition coefficient (Wildman–Crippen LogP) is 1.35. The second kappa shape index (κ2) is 3.48. The van der Waals surface area contributed by atoms with Gasteiger partial charge in [0.15, 0.2) is 5.78 Å². The summed E-state index contributed by atoms with van der Waals surface area (Å²) in [5.74, 6) is 0.230. The summed E-state index contributed by atoms with van der Waals surface area (Å²) in [5.41, 5.74) is 0.703. The number of ketones is 1. The number of rotatable bonds is 3. The predicted molar refractivity (Wildman–Crippen MR) is 54.2 cm³/mol. The van der Waals surface area contributed by atoms with Crippen LogP contribution in [0, 0.1) is 10.1 Å². The largest absolute Gasteiger partial charge is 0.496 e. The molecule has 0 heterocycles. The molecule has 16 heavy (non-hydrogen) atoms. The SMILES string of the molecule is COc1cc([N+](=O)[O-])c(OC)c2c1CC2=O. The molecule has 0 saturated heterocycles. The van der Waals surface area contributed by atoms with E-state index in [0.717, 1.165) is 0 Å². The Morgan fingerprint density at radius 2 is 2.06 bits per heavy atom. The number of nitrogens with zero attached hydrogens (tertiary/aromatic N) is 1. The summed E-state index contributed by atoms with van der Waals surface area (Å²) in [6, 6.07) is 1.28. The topological polar surface area (TPSA) is 78.7 Å². The van der Waals surface area contributed by atoms with Crippen LogP contribution in [0.1, 0.15) is 15.9 Å². The molecule has 0 amide bonds. The van der Waals surface area contributed by atoms with E-state index in [1.54, 1.807) is 0 Å². The quantitative estimate of drug-likeness (QED) is 0.570. The minimum absolute atomic E-state index is 0.0250. The van der Waals surface area contributed by atoms with E-state index in [-0.39, 0.29) is 29.2 Å². The second-order valence-electron chi connectivity index (χ2n) is 3.34. The maximum Gasteiger partial charge on any atom is 0.315 e. The van der Waals surface area contributed by atoms with Crippen molar-refractivity contribution in [1.82, 2.24) is 0 Å². The van der Waals surface area contributed by atoms with Gasteiger partial charge in [-0.3, -0.25) is 14.9 Å². The van der Waals surface area contributed by atoms with Crippen molar-refractivity contribution in [2.45, 2.75) is 6.42 Å². The first-order valence-electron chi connectivity index (χ1n) is 4.55. The van der Waals surface area contributed by atoms with E-state index in [1.807, 2.05) is 0 Å². The first-order valence-corrected chi connectivity index (χ1v) is 4.55. The van der Waals surface area contributed by atoms with E-state index in [4.69, 9.17) is 9.47 Å². The van der Waals surface area contributed by atoms with Crippen LogP contribution in [0.25, 0.3) is 0 Å². The van der Waals surface area contributed by atoms with Crippen molar-refractivity contribution in [3.8, 4) is 11.5 Å². The van der Waals surface area contributed by atoms with E-state index >= 15 is 0 Å². The molecule has 0 radical (unpaired) electrons. The van der Waals surface area contributed by atoms with Gasteiger partial charge in [0, 0.05) is 12.0 Å². The lowest BCUT2D eigenvalue weighted by Gasteiger charge is -2.22. The molecule has 84 valence electrons. The van der Waals surface area contributed by atoms with Gasteiger partial charge in [0.25, 0.3) is 0 Å². The van der Waals surface area contributed by atoms with Gasteiger partial charge in [0.2, 0.25) is 5.75 Å². The number of hydrogen-bond donors (Lipinski definition) is 0. The summed E-state index contributed by atoms with van der Waals surface area (Å²) in [4.78, 5) is 21.6. The zero-order chi connectivity index (χ0) is 11.9. The van der Waals surface area contributed by atoms with Gasteiger partial charge in [-0.25, -0.2) is 0 Å². The molecule has 6 nitrogen and oxygen atoms in total. The fraction of sp³-hybridized carbons (Fsp3) is 0.300. The highest BCUT2D eigenvalue weighted by Crippen LogP contribution is 2.44. The second-order valence-corrected chi connectivity index (χ2v) is 3.34. The zero-order valence-corrected chi connectivity index (χ0v) is 8.77.